The molecule has 0 spiro atoms. The number of carbonyl (C=O) groups excluding carboxylic acids is 1. The van der Waals surface area contributed by atoms with E-state index < -0.39 is 0 Å². The van der Waals surface area contributed by atoms with E-state index in [9.17, 15) is 4.79 Å². The minimum Gasteiger partial charge on any atom is -0.508 e. The summed E-state index contributed by atoms with van der Waals surface area (Å²) in [6.07, 6.45) is 0. The molecule has 0 saturated heterocycles. The average Bonchev–Trinajstić information content (AvgIpc) is 2.42. The van der Waals surface area contributed by atoms with Crippen LogP contribution in [0, 0.1) is 0 Å². The number of phenols is 1. The van der Waals surface area contributed by atoms with Crippen molar-refractivity contribution >= 4 is 46.6 Å². The molecular formula is C14H11Cl2NO2S. The molecule has 20 heavy (non-hydrogen) atoms. The lowest BCUT2D eigenvalue weighted by Gasteiger charge is -2.06. The molecule has 1 amide bonds. The van der Waals surface area contributed by atoms with Crippen molar-refractivity contribution in [2.24, 2.45) is 0 Å². The molecule has 0 aliphatic heterocycles. The van der Waals surface area contributed by atoms with E-state index in [1.807, 2.05) is 0 Å². The third-order valence-electron chi connectivity index (χ3n) is 2.41. The van der Waals surface area contributed by atoms with Crippen molar-refractivity contribution in [1.29, 1.82) is 0 Å². The highest BCUT2D eigenvalue weighted by Crippen LogP contribution is 2.25. The summed E-state index contributed by atoms with van der Waals surface area (Å²) in [5, 5.41) is 12.8. The quantitative estimate of drug-likeness (QED) is 0.816. The molecule has 0 unspecified atom stereocenters. The van der Waals surface area contributed by atoms with Gasteiger partial charge in [0.1, 0.15) is 5.75 Å². The highest BCUT2D eigenvalue weighted by Gasteiger charge is 2.05. The summed E-state index contributed by atoms with van der Waals surface area (Å²) in [7, 11) is 0. The number of rotatable bonds is 4. The summed E-state index contributed by atoms with van der Waals surface area (Å²) in [6.45, 7) is 0. The van der Waals surface area contributed by atoms with Crippen LogP contribution < -0.4 is 5.32 Å². The second-order valence-corrected chi connectivity index (χ2v) is 5.82. The van der Waals surface area contributed by atoms with Gasteiger partial charge in [-0.2, -0.15) is 0 Å². The largest absolute Gasteiger partial charge is 0.508 e. The summed E-state index contributed by atoms with van der Waals surface area (Å²) in [5.41, 5.74) is 0.607. The monoisotopic (exact) mass is 327 g/mol. The standard InChI is InChI=1S/C14H11Cl2NO2S/c15-12-6-1-9(7-13(12)16)17-14(19)8-20-11-4-2-10(18)3-5-11/h1-7,18H,8H2,(H,17,19). The number of benzene rings is 2. The first-order chi connectivity index (χ1) is 9.54. The topological polar surface area (TPSA) is 49.3 Å². The van der Waals surface area contributed by atoms with Crippen LogP contribution >= 0.6 is 35.0 Å². The van der Waals surface area contributed by atoms with E-state index in [0.29, 0.717) is 15.7 Å². The Bertz CT molecular complexity index is 617. The lowest BCUT2D eigenvalue weighted by atomic mass is 10.3. The Morgan fingerprint density at radius 1 is 1.10 bits per heavy atom. The highest BCUT2D eigenvalue weighted by atomic mass is 35.5. The summed E-state index contributed by atoms with van der Waals surface area (Å²) in [6, 6.07) is 11.6. The van der Waals surface area contributed by atoms with Gasteiger partial charge in [-0.25, -0.2) is 0 Å². The molecule has 0 bridgehead atoms. The van der Waals surface area contributed by atoms with Crippen molar-refractivity contribution in [1.82, 2.24) is 0 Å². The molecule has 2 N–H and O–H groups in total. The Hall–Kier alpha value is -1.36. The minimum atomic E-state index is -0.138. The van der Waals surface area contributed by atoms with Crippen molar-refractivity contribution in [3.63, 3.8) is 0 Å². The fourth-order valence-electron chi connectivity index (χ4n) is 1.46. The van der Waals surface area contributed by atoms with Crippen molar-refractivity contribution in [3.8, 4) is 5.75 Å². The number of nitrogens with one attached hydrogen (secondary N) is 1. The summed E-state index contributed by atoms with van der Waals surface area (Å²) >= 11 is 13.1. The van der Waals surface area contributed by atoms with E-state index >= 15 is 0 Å². The molecule has 2 aromatic carbocycles. The summed E-state index contributed by atoms with van der Waals surface area (Å²) < 4.78 is 0. The molecule has 0 atom stereocenters. The Morgan fingerprint density at radius 3 is 2.45 bits per heavy atom. The number of thioether (sulfide) groups is 1. The van der Waals surface area contributed by atoms with E-state index in [0.717, 1.165) is 4.90 Å². The van der Waals surface area contributed by atoms with Gasteiger partial charge in [0.25, 0.3) is 0 Å². The molecule has 0 aliphatic rings. The molecule has 2 aromatic rings. The Balaban J connectivity index is 1.89. The molecule has 104 valence electrons. The lowest BCUT2D eigenvalue weighted by molar-refractivity contribution is -0.113. The first-order valence-corrected chi connectivity index (χ1v) is 7.45. The van der Waals surface area contributed by atoms with Crippen molar-refractivity contribution in [2.75, 3.05) is 11.1 Å². The summed E-state index contributed by atoms with van der Waals surface area (Å²) in [4.78, 5) is 12.7. The van der Waals surface area contributed by atoms with Crippen LogP contribution in [-0.2, 0) is 4.79 Å². The van der Waals surface area contributed by atoms with E-state index in [-0.39, 0.29) is 17.4 Å². The first kappa shape index (κ1) is 15.0. The van der Waals surface area contributed by atoms with Crippen LogP contribution in [0.1, 0.15) is 0 Å². The maximum atomic E-state index is 11.8. The van der Waals surface area contributed by atoms with E-state index in [4.69, 9.17) is 28.3 Å². The van der Waals surface area contributed by atoms with Crippen LogP contribution in [0.25, 0.3) is 0 Å². The maximum absolute atomic E-state index is 11.8. The minimum absolute atomic E-state index is 0.138. The number of anilines is 1. The number of carbonyl (C=O) groups is 1. The van der Waals surface area contributed by atoms with Gasteiger partial charge in [0.15, 0.2) is 0 Å². The predicted molar refractivity (Wildman–Crippen MR) is 83.9 cm³/mol. The molecule has 6 heteroatoms. The van der Waals surface area contributed by atoms with E-state index in [1.54, 1.807) is 42.5 Å². The number of amides is 1. The Morgan fingerprint density at radius 2 is 1.80 bits per heavy atom. The van der Waals surface area contributed by atoms with Gasteiger partial charge in [0.05, 0.1) is 15.8 Å². The SMILES string of the molecule is O=C(CSc1ccc(O)cc1)Nc1ccc(Cl)c(Cl)c1. The average molecular weight is 328 g/mol. The normalized spacial score (nSPS) is 10.3. The van der Waals surface area contributed by atoms with Crippen LogP contribution in [0.15, 0.2) is 47.4 Å². The third-order valence-corrected chi connectivity index (χ3v) is 4.16. The molecule has 2 rings (SSSR count). The molecule has 0 heterocycles. The van der Waals surface area contributed by atoms with Gasteiger partial charge < -0.3 is 10.4 Å². The van der Waals surface area contributed by atoms with Crippen LogP contribution in [0.2, 0.25) is 10.0 Å². The zero-order valence-electron chi connectivity index (χ0n) is 10.3. The van der Waals surface area contributed by atoms with Gasteiger partial charge in [-0.05, 0) is 42.5 Å². The summed E-state index contributed by atoms with van der Waals surface area (Å²) in [5.74, 6) is 0.335. The zero-order valence-corrected chi connectivity index (χ0v) is 12.6. The van der Waals surface area contributed by atoms with Gasteiger partial charge >= 0.3 is 0 Å². The Labute approximate surface area is 130 Å². The van der Waals surface area contributed by atoms with Crippen molar-refractivity contribution in [2.45, 2.75) is 4.90 Å². The van der Waals surface area contributed by atoms with Gasteiger partial charge in [-0.3, -0.25) is 4.79 Å². The number of phenolic OH excluding ortho intramolecular Hbond substituents is 1. The molecule has 0 aromatic heterocycles. The fraction of sp³-hybridized carbons (Fsp3) is 0.0714. The smallest absolute Gasteiger partial charge is 0.234 e. The number of aromatic hydroxyl groups is 1. The van der Waals surface area contributed by atoms with Gasteiger partial charge in [0, 0.05) is 10.6 Å². The maximum Gasteiger partial charge on any atom is 0.234 e. The van der Waals surface area contributed by atoms with Gasteiger partial charge in [-0.15, -0.1) is 11.8 Å². The third kappa shape index (κ3) is 4.34. The number of halogens is 2. The second-order valence-electron chi connectivity index (χ2n) is 3.96. The van der Waals surface area contributed by atoms with Crippen LogP contribution in [0.5, 0.6) is 5.75 Å². The predicted octanol–water partition coefficient (Wildman–Crippen LogP) is 4.43. The van der Waals surface area contributed by atoms with Crippen LogP contribution in [0.4, 0.5) is 5.69 Å². The van der Waals surface area contributed by atoms with E-state index in [2.05, 4.69) is 5.32 Å². The Kier molecular flexibility index (Phi) is 5.17. The number of hydrogen-bond donors (Lipinski definition) is 2. The molecular weight excluding hydrogens is 317 g/mol. The zero-order chi connectivity index (χ0) is 14.5. The first-order valence-electron chi connectivity index (χ1n) is 5.71. The lowest BCUT2D eigenvalue weighted by Crippen LogP contribution is -2.13. The van der Waals surface area contributed by atoms with Crippen molar-refractivity contribution < 1.29 is 9.90 Å². The molecule has 0 aliphatic carbocycles. The molecule has 0 saturated carbocycles. The van der Waals surface area contributed by atoms with Gasteiger partial charge in [-0.1, -0.05) is 23.2 Å². The molecule has 0 radical (unpaired) electrons. The number of hydrogen-bond acceptors (Lipinski definition) is 3. The highest BCUT2D eigenvalue weighted by molar-refractivity contribution is 8.00. The molecule has 0 fully saturated rings. The molecule has 3 nitrogen and oxygen atoms in total. The second kappa shape index (κ2) is 6.88. The van der Waals surface area contributed by atoms with E-state index in [1.165, 1.54) is 11.8 Å². The van der Waals surface area contributed by atoms with Crippen molar-refractivity contribution in [3.05, 3.63) is 52.5 Å². The van der Waals surface area contributed by atoms with Crippen LogP contribution in [-0.4, -0.2) is 16.8 Å². The van der Waals surface area contributed by atoms with Crippen LogP contribution in [0.3, 0.4) is 0 Å². The van der Waals surface area contributed by atoms with Gasteiger partial charge in [0.2, 0.25) is 5.91 Å². The fourth-order valence-corrected chi connectivity index (χ4v) is 2.46.